The molecule has 2 aromatic heterocycles. The minimum absolute atomic E-state index is 0.0606. The average molecular weight is 332 g/mol. The number of carbonyl (C=O) groups excluding carboxylic acids is 1. The molecule has 6 nitrogen and oxygen atoms in total. The Bertz CT molecular complexity index is 1140. The van der Waals surface area contributed by atoms with Crippen molar-refractivity contribution in [2.24, 2.45) is 0 Å². The van der Waals surface area contributed by atoms with Crippen LogP contribution in [0.4, 0.5) is 5.69 Å². The van der Waals surface area contributed by atoms with Gasteiger partial charge < -0.3 is 5.32 Å². The van der Waals surface area contributed by atoms with Crippen molar-refractivity contribution in [3.63, 3.8) is 0 Å². The first kappa shape index (κ1) is 15.1. The fourth-order valence-corrected chi connectivity index (χ4v) is 2.91. The van der Waals surface area contributed by atoms with Gasteiger partial charge in [0.1, 0.15) is 12.1 Å². The normalized spacial score (nSPS) is 11.1. The molecule has 0 aliphatic heterocycles. The lowest BCUT2D eigenvalue weighted by Crippen LogP contribution is -2.29. The van der Waals surface area contributed by atoms with Crippen molar-refractivity contribution in [2.75, 3.05) is 5.32 Å². The van der Waals surface area contributed by atoms with Crippen molar-refractivity contribution in [3.05, 3.63) is 76.7 Å². The zero-order valence-electron chi connectivity index (χ0n) is 13.6. The van der Waals surface area contributed by atoms with Crippen LogP contribution in [-0.4, -0.2) is 20.1 Å². The van der Waals surface area contributed by atoms with Gasteiger partial charge in [0.05, 0.1) is 17.2 Å². The molecule has 2 heterocycles. The van der Waals surface area contributed by atoms with Crippen molar-refractivity contribution in [1.29, 1.82) is 0 Å². The van der Waals surface area contributed by atoms with Gasteiger partial charge in [-0.15, -0.1) is 0 Å². The number of benzene rings is 2. The summed E-state index contributed by atoms with van der Waals surface area (Å²) in [5, 5.41) is 7.04. The number of anilines is 1. The summed E-state index contributed by atoms with van der Waals surface area (Å²) >= 11 is 0. The van der Waals surface area contributed by atoms with Crippen LogP contribution in [0.25, 0.3) is 16.6 Å². The summed E-state index contributed by atoms with van der Waals surface area (Å²) in [6, 6.07) is 16.6. The van der Waals surface area contributed by atoms with Gasteiger partial charge in [-0.25, -0.2) is 4.52 Å². The third kappa shape index (κ3) is 2.67. The Morgan fingerprint density at radius 3 is 2.48 bits per heavy atom. The van der Waals surface area contributed by atoms with Crippen molar-refractivity contribution < 1.29 is 4.79 Å². The van der Waals surface area contributed by atoms with Crippen LogP contribution in [-0.2, 0) is 11.3 Å². The molecule has 0 radical (unpaired) electrons. The maximum Gasteiger partial charge on any atom is 0.277 e. The van der Waals surface area contributed by atoms with Crippen LogP contribution in [0.2, 0.25) is 0 Å². The van der Waals surface area contributed by atoms with E-state index in [0.29, 0.717) is 16.7 Å². The van der Waals surface area contributed by atoms with Gasteiger partial charge in [0.2, 0.25) is 5.91 Å². The molecule has 0 bridgehead atoms. The monoisotopic (exact) mass is 332 g/mol. The molecule has 4 aromatic rings. The van der Waals surface area contributed by atoms with Crippen LogP contribution in [0.1, 0.15) is 5.56 Å². The maximum absolute atomic E-state index is 12.8. The Morgan fingerprint density at radius 2 is 1.72 bits per heavy atom. The fraction of sp³-hybridized carbons (Fsp3) is 0.105. The van der Waals surface area contributed by atoms with Gasteiger partial charge in [-0.05, 0) is 37.3 Å². The Hall–Kier alpha value is -3.41. The highest BCUT2D eigenvalue weighted by molar-refractivity contribution is 5.91. The van der Waals surface area contributed by atoms with E-state index in [9.17, 15) is 9.59 Å². The molecule has 1 N–H and O–H groups in total. The molecule has 0 fully saturated rings. The number of fused-ring (bicyclic) bond motifs is 3. The molecule has 25 heavy (non-hydrogen) atoms. The zero-order valence-corrected chi connectivity index (χ0v) is 13.6. The summed E-state index contributed by atoms with van der Waals surface area (Å²) in [5.74, 6) is -0.250. The van der Waals surface area contributed by atoms with E-state index in [0.717, 1.165) is 11.1 Å². The van der Waals surface area contributed by atoms with Crippen molar-refractivity contribution >= 4 is 28.1 Å². The summed E-state index contributed by atoms with van der Waals surface area (Å²) in [6.07, 6.45) is 1.58. The number of aromatic nitrogens is 3. The van der Waals surface area contributed by atoms with E-state index >= 15 is 0 Å². The number of hydrogen-bond donors (Lipinski definition) is 1. The molecule has 0 spiro atoms. The number of rotatable bonds is 3. The highest BCUT2D eigenvalue weighted by Gasteiger charge is 2.13. The van der Waals surface area contributed by atoms with Gasteiger partial charge in [0, 0.05) is 5.69 Å². The summed E-state index contributed by atoms with van der Waals surface area (Å²) in [7, 11) is 0. The van der Waals surface area contributed by atoms with Gasteiger partial charge >= 0.3 is 0 Å². The number of carbonyl (C=O) groups is 1. The van der Waals surface area contributed by atoms with Crippen LogP contribution in [0.3, 0.4) is 0 Å². The lowest BCUT2D eigenvalue weighted by atomic mass is 10.2. The molecular weight excluding hydrogens is 316 g/mol. The van der Waals surface area contributed by atoms with Crippen molar-refractivity contribution in [2.45, 2.75) is 13.5 Å². The van der Waals surface area contributed by atoms with E-state index in [1.165, 1.54) is 4.57 Å². The Balaban J connectivity index is 1.75. The smallest absolute Gasteiger partial charge is 0.277 e. The Morgan fingerprint density at radius 1 is 1.00 bits per heavy atom. The van der Waals surface area contributed by atoms with Gasteiger partial charge in [0.15, 0.2) is 0 Å². The number of nitrogens with one attached hydrogen (secondary N) is 1. The molecule has 2 aromatic carbocycles. The van der Waals surface area contributed by atoms with Crippen LogP contribution in [0.15, 0.2) is 65.6 Å². The lowest BCUT2D eigenvalue weighted by molar-refractivity contribution is -0.116. The van der Waals surface area contributed by atoms with Crippen LogP contribution in [0.5, 0.6) is 0 Å². The molecule has 0 saturated carbocycles. The Labute approximate surface area is 143 Å². The molecule has 0 saturated heterocycles. The predicted octanol–water partition coefficient (Wildman–Crippen LogP) is 2.60. The van der Waals surface area contributed by atoms with Crippen LogP contribution in [0, 0.1) is 6.92 Å². The lowest BCUT2D eigenvalue weighted by Gasteiger charge is -2.12. The van der Waals surface area contributed by atoms with Crippen LogP contribution >= 0.6 is 0 Å². The van der Waals surface area contributed by atoms with E-state index in [2.05, 4.69) is 10.4 Å². The van der Waals surface area contributed by atoms with E-state index in [1.807, 2.05) is 55.5 Å². The highest BCUT2D eigenvalue weighted by Crippen LogP contribution is 2.14. The first-order valence-electron chi connectivity index (χ1n) is 7.95. The third-order valence-corrected chi connectivity index (χ3v) is 4.14. The molecule has 6 heteroatoms. The maximum atomic E-state index is 12.8. The Kier molecular flexibility index (Phi) is 3.57. The predicted molar refractivity (Wildman–Crippen MR) is 96.8 cm³/mol. The van der Waals surface area contributed by atoms with E-state index in [1.54, 1.807) is 16.8 Å². The van der Waals surface area contributed by atoms with Gasteiger partial charge in [-0.2, -0.15) is 5.10 Å². The molecule has 0 unspecified atom stereocenters. The molecule has 0 aliphatic carbocycles. The van der Waals surface area contributed by atoms with Gasteiger partial charge in [0.25, 0.3) is 5.56 Å². The van der Waals surface area contributed by atoms with E-state index in [4.69, 9.17) is 0 Å². The quantitative estimate of drug-likeness (QED) is 0.627. The topological polar surface area (TPSA) is 68.4 Å². The molecule has 0 aliphatic rings. The second kappa shape index (κ2) is 5.90. The minimum Gasteiger partial charge on any atom is -0.325 e. The summed E-state index contributed by atoms with van der Waals surface area (Å²) < 4.78 is 3.09. The third-order valence-electron chi connectivity index (χ3n) is 4.14. The number of para-hydroxylation sites is 2. The standard InChI is InChI=1S/C19H16N4O2/c1-13-6-8-14(9-7-13)21-18(24)12-22-15-4-2-3-5-16(15)23-17(19(22)25)10-11-20-23/h2-11H,12H2,1H3,(H,21,24). The second-order valence-corrected chi connectivity index (χ2v) is 5.92. The van der Waals surface area contributed by atoms with Crippen LogP contribution < -0.4 is 10.9 Å². The first-order chi connectivity index (χ1) is 12.1. The largest absolute Gasteiger partial charge is 0.325 e. The minimum atomic E-state index is -0.250. The summed E-state index contributed by atoms with van der Waals surface area (Å²) in [4.78, 5) is 25.2. The molecule has 124 valence electrons. The highest BCUT2D eigenvalue weighted by atomic mass is 16.2. The SMILES string of the molecule is Cc1ccc(NC(=O)Cn2c(=O)c3ccnn3c3ccccc32)cc1. The van der Waals surface area contributed by atoms with Crippen molar-refractivity contribution in [3.8, 4) is 0 Å². The van der Waals surface area contributed by atoms with Crippen molar-refractivity contribution in [1.82, 2.24) is 14.2 Å². The fourth-order valence-electron chi connectivity index (χ4n) is 2.91. The molecule has 0 atom stereocenters. The number of hydrogen-bond acceptors (Lipinski definition) is 3. The average Bonchev–Trinajstić information content (AvgIpc) is 3.11. The summed E-state index contributed by atoms with van der Waals surface area (Å²) in [6.45, 7) is 1.92. The van der Waals surface area contributed by atoms with Gasteiger partial charge in [-0.1, -0.05) is 29.8 Å². The van der Waals surface area contributed by atoms with E-state index in [-0.39, 0.29) is 18.0 Å². The first-order valence-corrected chi connectivity index (χ1v) is 7.95. The molecule has 4 rings (SSSR count). The number of amides is 1. The zero-order chi connectivity index (χ0) is 17.4. The second-order valence-electron chi connectivity index (χ2n) is 5.92. The summed E-state index contributed by atoms with van der Waals surface area (Å²) in [5.41, 5.74) is 3.48. The molecular formula is C19H16N4O2. The van der Waals surface area contributed by atoms with E-state index < -0.39 is 0 Å². The van der Waals surface area contributed by atoms with Gasteiger partial charge in [-0.3, -0.25) is 14.2 Å². The molecule has 1 amide bonds. The number of nitrogens with zero attached hydrogens (tertiary/aromatic N) is 3. The number of aryl methyl sites for hydroxylation is 1.